The fourth-order valence-electron chi connectivity index (χ4n) is 2.61. The lowest BCUT2D eigenvalue weighted by Crippen LogP contribution is -2.39. The van der Waals surface area contributed by atoms with E-state index in [4.69, 9.17) is 0 Å². The molecule has 0 spiro atoms. The second-order valence-corrected chi connectivity index (χ2v) is 6.38. The van der Waals surface area contributed by atoms with Crippen LogP contribution in [-0.4, -0.2) is 51.9 Å². The molecule has 0 aromatic carbocycles. The number of nitrogens with one attached hydrogen (secondary N) is 3. The summed E-state index contributed by atoms with van der Waals surface area (Å²) in [6, 6.07) is 2.88. The van der Waals surface area contributed by atoms with Crippen LogP contribution in [0.15, 0.2) is 23.3 Å². The van der Waals surface area contributed by atoms with Crippen molar-refractivity contribution in [2.75, 3.05) is 31.5 Å². The number of hydrogen-bond acceptors (Lipinski definition) is 5. The van der Waals surface area contributed by atoms with E-state index in [-0.39, 0.29) is 5.95 Å². The first kappa shape index (κ1) is 22.4. The summed E-state index contributed by atoms with van der Waals surface area (Å²) in [5.41, 5.74) is 1.15. The fraction of sp³-hybridized carbons (Fsp3) is 0.556. The van der Waals surface area contributed by atoms with Gasteiger partial charge >= 0.3 is 6.18 Å². The normalized spacial score (nSPS) is 12.1. The van der Waals surface area contributed by atoms with Gasteiger partial charge in [-0.1, -0.05) is 0 Å². The SMILES string of the molecule is CCNC(=NCCCn1nc(C)cc1C)NCCNc1nccc(C(F)(F)F)n1. The van der Waals surface area contributed by atoms with Gasteiger partial charge in [-0.15, -0.1) is 0 Å². The highest BCUT2D eigenvalue weighted by Gasteiger charge is 2.32. The highest BCUT2D eigenvalue weighted by molar-refractivity contribution is 5.79. The van der Waals surface area contributed by atoms with Gasteiger partial charge in [-0.3, -0.25) is 9.67 Å². The van der Waals surface area contributed by atoms with E-state index in [2.05, 4.69) is 36.0 Å². The summed E-state index contributed by atoms with van der Waals surface area (Å²) >= 11 is 0. The largest absolute Gasteiger partial charge is 0.433 e. The topological polar surface area (TPSA) is 92.0 Å². The minimum Gasteiger partial charge on any atom is -0.357 e. The summed E-state index contributed by atoms with van der Waals surface area (Å²) in [7, 11) is 0. The van der Waals surface area contributed by atoms with E-state index in [0.717, 1.165) is 36.6 Å². The van der Waals surface area contributed by atoms with Crippen LogP contribution in [0.1, 0.15) is 30.4 Å². The maximum absolute atomic E-state index is 12.7. The Morgan fingerprint density at radius 2 is 2.00 bits per heavy atom. The molecule has 0 aliphatic carbocycles. The Kier molecular flexibility index (Phi) is 8.22. The van der Waals surface area contributed by atoms with Gasteiger partial charge in [-0.25, -0.2) is 9.97 Å². The van der Waals surface area contributed by atoms with Gasteiger partial charge in [0.25, 0.3) is 0 Å². The molecule has 0 saturated carbocycles. The van der Waals surface area contributed by atoms with Gasteiger partial charge in [0.15, 0.2) is 5.96 Å². The maximum Gasteiger partial charge on any atom is 0.433 e. The average molecular weight is 412 g/mol. The van der Waals surface area contributed by atoms with Crippen LogP contribution in [-0.2, 0) is 12.7 Å². The molecular formula is C18H27F3N8. The van der Waals surface area contributed by atoms with Crippen LogP contribution in [0, 0.1) is 13.8 Å². The van der Waals surface area contributed by atoms with Gasteiger partial charge in [0.05, 0.1) is 5.69 Å². The molecule has 0 atom stereocenters. The van der Waals surface area contributed by atoms with Crippen molar-refractivity contribution < 1.29 is 13.2 Å². The van der Waals surface area contributed by atoms with Crippen LogP contribution in [0.3, 0.4) is 0 Å². The zero-order valence-electron chi connectivity index (χ0n) is 16.8. The summed E-state index contributed by atoms with van der Waals surface area (Å²) in [5.74, 6) is 0.584. The van der Waals surface area contributed by atoms with Crippen LogP contribution in [0.2, 0.25) is 0 Å². The second kappa shape index (κ2) is 10.6. The van der Waals surface area contributed by atoms with Crippen LogP contribution in [0.4, 0.5) is 19.1 Å². The predicted octanol–water partition coefficient (Wildman–Crippen LogP) is 2.37. The summed E-state index contributed by atoms with van der Waals surface area (Å²) in [6.45, 7) is 8.85. The number of nitrogens with zero attached hydrogens (tertiary/aromatic N) is 5. The average Bonchev–Trinajstić information content (AvgIpc) is 2.99. The van der Waals surface area contributed by atoms with Crippen molar-refractivity contribution in [1.29, 1.82) is 0 Å². The molecule has 0 fully saturated rings. The molecule has 3 N–H and O–H groups in total. The molecular weight excluding hydrogens is 385 g/mol. The lowest BCUT2D eigenvalue weighted by molar-refractivity contribution is -0.141. The van der Waals surface area contributed by atoms with E-state index in [0.29, 0.717) is 32.1 Å². The summed E-state index contributed by atoms with van der Waals surface area (Å²) < 4.78 is 40.0. The monoisotopic (exact) mass is 412 g/mol. The van der Waals surface area contributed by atoms with Gasteiger partial charge in [0.1, 0.15) is 5.69 Å². The van der Waals surface area contributed by atoms with Crippen molar-refractivity contribution in [3.05, 3.63) is 35.4 Å². The molecule has 0 unspecified atom stereocenters. The Morgan fingerprint density at radius 3 is 2.66 bits per heavy atom. The molecule has 0 bridgehead atoms. The zero-order chi connectivity index (χ0) is 21.3. The lowest BCUT2D eigenvalue weighted by Gasteiger charge is -2.12. The lowest BCUT2D eigenvalue weighted by atomic mass is 10.4. The van der Waals surface area contributed by atoms with E-state index < -0.39 is 11.9 Å². The Balaban J connectivity index is 1.75. The number of rotatable bonds is 9. The Morgan fingerprint density at radius 1 is 1.21 bits per heavy atom. The van der Waals surface area contributed by atoms with Crippen LogP contribution < -0.4 is 16.0 Å². The second-order valence-electron chi connectivity index (χ2n) is 6.38. The van der Waals surface area contributed by atoms with Gasteiger partial charge in [0.2, 0.25) is 5.95 Å². The van der Waals surface area contributed by atoms with E-state index in [1.807, 2.05) is 31.5 Å². The van der Waals surface area contributed by atoms with E-state index in [1.165, 1.54) is 0 Å². The van der Waals surface area contributed by atoms with Crippen LogP contribution in [0.5, 0.6) is 0 Å². The minimum atomic E-state index is -4.49. The first-order chi connectivity index (χ1) is 13.8. The molecule has 29 heavy (non-hydrogen) atoms. The van der Waals surface area contributed by atoms with Crippen molar-refractivity contribution in [1.82, 2.24) is 30.4 Å². The first-order valence-corrected chi connectivity index (χ1v) is 9.47. The molecule has 2 rings (SSSR count). The molecule has 11 heteroatoms. The highest BCUT2D eigenvalue weighted by atomic mass is 19.4. The molecule has 0 radical (unpaired) electrons. The van der Waals surface area contributed by atoms with Crippen LogP contribution in [0.25, 0.3) is 0 Å². The Bertz CT molecular complexity index is 801. The third kappa shape index (κ3) is 7.59. The third-order valence-corrected chi connectivity index (χ3v) is 3.89. The quantitative estimate of drug-likeness (QED) is 0.333. The van der Waals surface area contributed by atoms with Crippen LogP contribution >= 0.6 is 0 Å². The maximum atomic E-state index is 12.7. The van der Waals surface area contributed by atoms with Crippen molar-refractivity contribution in [3.63, 3.8) is 0 Å². The van der Waals surface area contributed by atoms with Crippen molar-refractivity contribution in [2.24, 2.45) is 4.99 Å². The van der Waals surface area contributed by atoms with Crippen molar-refractivity contribution in [3.8, 4) is 0 Å². The summed E-state index contributed by atoms with van der Waals surface area (Å²) in [5, 5.41) is 13.5. The molecule has 0 saturated heterocycles. The van der Waals surface area contributed by atoms with Gasteiger partial charge in [-0.05, 0) is 39.3 Å². The molecule has 160 valence electrons. The number of hydrogen-bond donors (Lipinski definition) is 3. The Labute approximate surface area is 168 Å². The molecule has 0 aliphatic rings. The number of aliphatic imine (C=N–C) groups is 1. The number of alkyl halides is 3. The highest BCUT2D eigenvalue weighted by Crippen LogP contribution is 2.27. The number of aromatic nitrogens is 4. The van der Waals surface area contributed by atoms with E-state index >= 15 is 0 Å². The third-order valence-electron chi connectivity index (χ3n) is 3.89. The molecule has 8 nitrogen and oxygen atoms in total. The summed E-state index contributed by atoms with van der Waals surface area (Å²) in [6.07, 6.45) is -2.56. The fourth-order valence-corrected chi connectivity index (χ4v) is 2.61. The van der Waals surface area contributed by atoms with Gasteiger partial charge in [-0.2, -0.15) is 18.3 Å². The van der Waals surface area contributed by atoms with Gasteiger partial charge < -0.3 is 16.0 Å². The van der Waals surface area contributed by atoms with E-state index in [1.54, 1.807) is 0 Å². The van der Waals surface area contributed by atoms with Gasteiger partial charge in [0, 0.05) is 44.6 Å². The first-order valence-electron chi connectivity index (χ1n) is 9.47. The number of guanidine groups is 1. The molecule has 2 aromatic rings. The standard InChI is InChI=1S/C18H27F3N8/c1-4-22-16(23-7-5-11-29-14(3)12-13(2)28-29)25-9-10-26-17-24-8-6-15(27-17)18(19,20)21/h6,8,12H,4-5,7,9-11H2,1-3H3,(H2,22,23,25)(H,24,26,27). The predicted molar refractivity (Wildman–Crippen MR) is 106 cm³/mol. The molecule has 0 amide bonds. The number of aryl methyl sites for hydroxylation is 3. The molecule has 2 heterocycles. The van der Waals surface area contributed by atoms with Crippen molar-refractivity contribution >= 4 is 11.9 Å². The Hall–Kier alpha value is -2.85. The summed E-state index contributed by atoms with van der Waals surface area (Å²) in [4.78, 5) is 11.8. The molecule has 0 aliphatic heterocycles. The number of halogens is 3. The minimum absolute atomic E-state index is 0.0616. The van der Waals surface area contributed by atoms with Crippen molar-refractivity contribution in [2.45, 2.75) is 39.9 Å². The smallest absolute Gasteiger partial charge is 0.357 e. The van der Waals surface area contributed by atoms with E-state index in [9.17, 15) is 13.2 Å². The number of anilines is 1. The zero-order valence-corrected chi connectivity index (χ0v) is 16.8. The molecule has 2 aromatic heterocycles.